The molecule has 0 radical (unpaired) electrons. The lowest BCUT2D eigenvalue weighted by Gasteiger charge is -2.37. The molecule has 2 heterocycles. The van der Waals surface area contributed by atoms with Crippen LogP contribution in [0.5, 0.6) is 0 Å². The molecule has 1 aliphatic rings. The summed E-state index contributed by atoms with van der Waals surface area (Å²) in [5, 5.41) is 5.09. The Labute approximate surface area is 135 Å². The first kappa shape index (κ1) is 17.1. The smallest absolute Gasteiger partial charge is 0.0835 e. The molecule has 1 saturated heterocycles. The molecule has 21 heavy (non-hydrogen) atoms. The van der Waals surface area contributed by atoms with E-state index in [9.17, 15) is 0 Å². The van der Waals surface area contributed by atoms with E-state index in [4.69, 9.17) is 17.4 Å². The van der Waals surface area contributed by atoms with Crippen molar-refractivity contribution in [3.05, 3.63) is 16.9 Å². The highest BCUT2D eigenvalue weighted by atomic mass is 35.5. The fourth-order valence-corrected chi connectivity index (χ4v) is 4.11. The highest BCUT2D eigenvalue weighted by Crippen LogP contribution is 2.30. The van der Waals surface area contributed by atoms with E-state index >= 15 is 0 Å². The summed E-state index contributed by atoms with van der Waals surface area (Å²) in [4.78, 5) is 4.48. The second-order valence-electron chi connectivity index (χ2n) is 5.67. The van der Waals surface area contributed by atoms with Gasteiger partial charge in [-0.05, 0) is 21.1 Å². The van der Waals surface area contributed by atoms with Crippen molar-refractivity contribution in [3.8, 4) is 0 Å². The zero-order valence-corrected chi connectivity index (χ0v) is 14.5. The molecular formula is C13H25ClN6S. The summed E-state index contributed by atoms with van der Waals surface area (Å²) in [5.41, 5.74) is 3.95. The summed E-state index contributed by atoms with van der Waals surface area (Å²) in [7, 11) is 6.24. The lowest BCUT2D eigenvalue weighted by Crippen LogP contribution is -2.50. The number of halogens is 1. The van der Waals surface area contributed by atoms with Crippen molar-refractivity contribution < 1.29 is 0 Å². The van der Waals surface area contributed by atoms with Gasteiger partial charge in [0.15, 0.2) is 0 Å². The van der Waals surface area contributed by atoms with Crippen LogP contribution in [-0.2, 0) is 6.54 Å². The predicted molar refractivity (Wildman–Crippen MR) is 89.6 cm³/mol. The van der Waals surface area contributed by atoms with Crippen LogP contribution < -0.4 is 11.3 Å². The van der Waals surface area contributed by atoms with Crippen molar-refractivity contribution in [2.75, 3.05) is 45.7 Å². The van der Waals surface area contributed by atoms with Crippen LogP contribution in [0.3, 0.4) is 0 Å². The number of thioether (sulfide) groups is 1. The summed E-state index contributed by atoms with van der Waals surface area (Å²) in [5.74, 6) is 8.06. The molecular weight excluding hydrogens is 308 g/mol. The largest absolute Gasteiger partial charge is 0.308 e. The van der Waals surface area contributed by atoms with Crippen molar-refractivity contribution in [2.45, 2.75) is 18.6 Å². The fraction of sp³-hybridized carbons (Fsp3) is 0.769. The number of rotatable bonds is 6. The van der Waals surface area contributed by atoms with Crippen LogP contribution in [0.4, 0.5) is 0 Å². The predicted octanol–water partition coefficient (Wildman–Crippen LogP) is 0.650. The molecule has 0 aliphatic carbocycles. The van der Waals surface area contributed by atoms with E-state index in [0.717, 1.165) is 36.8 Å². The SMILES string of the molecule is CN(C)CCn1ncc(Cl)c1C(NN)C1CSCCN1C. The summed E-state index contributed by atoms with van der Waals surface area (Å²) in [6.45, 7) is 2.78. The van der Waals surface area contributed by atoms with E-state index in [2.05, 4.69) is 41.5 Å². The zero-order valence-electron chi connectivity index (χ0n) is 12.9. The minimum absolute atomic E-state index is 0.0139. The molecule has 8 heteroatoms. The number of nitrogens with one attached hydrogen (secondary N) is 1. The molecule has 1 aromatic rings. The van der Waals surface area contributed by atoms with Gasteiger partial charge < -0.3 is 4.90 Å². The van der Waals surface area contributed by atoms with E-state index in [-0.39, 0.29) is 6.04 Å². The molecule has 0 saturated carbocycles. The molecule has 6 nitrogen and oxygen atoms in total. The molecule has 1 aromatic heterocycles. The normalized spacial score (nSPS) is 21.9. The Bertz CT molecular complexity index is 452. The lowest BCUT2D eigenvalue weighted by molar-refractivity contribution is 0.209. The van der Waals surface area contributed by atoms with Crippen LogP contribution in [0.25, 0.3) is 0 Å². The van der Waals surface area contributed by atoms with Gasteiger partial charge in [-0.3, -0.25) is 15.4 Å². The average molecular weight is 333 g/mol. The third-order valence-electron chi connectivity index (χ3n) is 3.89. The van der Waals surface area contributed by atoms with Crippen molar-refractivity contribution in [2.24, 2.45) is 5.84 Å². The Kier molecular flexibility index (Phi) is 6.34. The van der Waals surface area contributed by atoms with Crippen molar-refractivity contribution in [1.29, 1.82) is 0 Å². The van der Waals surface area contributed by atoms with Gasteiger partial charge in [-0.1, -0.05) is 11.6 Å². The Morgan fingerprint density at radius 3 is 3.00 bits per heavy atom. The Hall–Kier alpha value is -0.310. The molecule has 1 aliphatic heterocycles. The quantitative estimate of drug-likeness (QED) is 0.589. The first-order chi connectivity index (χ1) is 10.0. The summed E-state index contributed by atoms with van der Waals surface area (Å²) in [6, 6.07) is 0.306. The molecule has 2 rings (SSSR count). The highest BCUT2D eigenvalue weighted by molar-refractivity contribution is 7.99. The van der Waals surface area contributed by atoms with Crippen LogP contribution in [-0.4, -0.2) is 71.4 Å². The summed E-state index contributed by atoms with van der Waals surface area (Å²) in [6.07, 6.45) is 1.72. The van der Waals surface area contributed by atoms with E-state index < -0.39 is 0 Å². The molecule has 0 aromatic carbocycles. The summed E-state index contributed by atoms with van der Waals surface area (Å²) >= 11 is 8.34. The van der Waals surface area contributed by atoms with Gasteiger partial charge in [0.25, 0.3) is 0 Å². The Morgan fingerprint density at radius 2 is 2.38 bits per heavy atom. The molecule has 2 atom stereocenters. The van der Waals surface area contributed by atoms with Crippen molar-refractivity contribution in [1.82, 2.24) is 25.0 Å². The van der Waals surface area contributed by atoms with Crippen LogP contribution in [0.1, 0.15) is 11.7 Å². The minimum Gasteiger partial charge on any atom is -0.308 e. The van der Waals surface area contributed by atoms with Gasteiger partial charge in [-0.2, -0.15) is 16.9 Å². The van der Waals surface area contributed by atoms with Gasteiger partial charge in [0.2, 0.25) is 0 Å². The number of aromatic nitrogens is 2. The molecule has 0 bridgehead atoms. The highest BCUT2D eigenvalue weighted by Gasteiger charge is 2.32. The van der Waals surface area contributed by atoms with Gasteiger partial charge in [0.1, 0.15) is 0 Å². The second-order valence-corrected chi connectivity index (χ2v) is 7.23. The molecule has 1 fully saturated rings. The number of hydrogen-bond acceptors (Lipinski definition) is 6. The van der Waals surface area contributed by atoms with E-state index in [0.29, 0.717) is 11.1 Å². The van der Waals surface area contributed by atoms with Crippen molar-refractivity contribution >= 4 is 23.4 Å². The van der Waals surface area contributed by atoms with Gasteiger partial charge >= 0.3 is 0 Å². The second kappa shape index (κ2) is 7.80. The van der Waals surface area contributed by atoms with E-state index in [1.165, 1.54) is 0 Å². The molecule has 0 spiro atoms. The van der Waals surface area contributed by atoms with Gasteiger partial charge in [0.05, 0.1) is 29.5 Å². The molecule has 0 amide bonds. The van der Waals surface area contributed by atoms with Crippen LogP contribution in [0.2, 0.25) is 5.02 Å². The monoisotopic (exact) mass is 332 g/mol. The Balaban J connectivity index is 2.22. The van der Waals surface area contributed by atoms with Crippen LogP contribution in [0.15, 0.2) is 6.20 Å². The topological polar surface area (TPSA) is 62.4 Å². The molecule has 120 valence electrons. The van der Waals surface area contributed by atoms with E-state index in [1.807, 2.05) is 16.4 Å². The van der Waals surface area contributed by atoms with Crippen LogP contribution >= 0.6 is 23.4 Å². The van der Waals surface area contributed by atoms with Gasteiger partial charge in [-0.15, -0.1) is 0 Å². The number of hydrogen-bond donors (Lipinski definition) is 2. The molecule has 3 N–H and O–H groups in total. The minimum atomic E-state index is -0.0139. The maximum atomic E-state index is 6.38. The third kappa shape index (κ3) is 4.12. The fourth-order valence-electron chi connectivity index (χ4n) is 2.58. The molecule has 2 unspecified atom stereocenters. The number of nitrogens with two attached hydrogens (primary N) is 1. The number of nitrogens with zero attached hydrogens (tertiary/aromatic N) is 4. The van der Waals surface area contributed by atoms with E-state index in [1.54, 1.807) is 6.20 Å². The standard InChI is InChI=1S/C13H25ClN6S/c1-18(2)4-5-20-13(10(14)8-16-20)12(17-15)11-9-21-7-6-19(11)3/h8,11-12,17H,4-7,9,15H2,1-3H3. The first-order valence-electron chi connectivity index (χ1n) is 7.14. The number of hydrazine groups is 1. The maximum absolute atomic E-state index is 6.38. The Morgan fingerprint density at radius 1 is 1.62 bits per heavy atom. The van der Waals surface area contributed by atoms with Gasteiger partial charge in [0, 0.05) is 30.6 Å². The maximum Gasteiger partial charge on any atom is 0.0835 e. The third-order valence-corrected chi connectivity index (χ3v) is 5.23. The van der Waals surface area contributed by atoms with Gasteiger partial charge in [-0.25, -0.2) is 5.43 Å². The first-order valence-corrected chi connectivity index (χ1v) is 8.68. The lowest BCUT2D eigenvalue weighted by atomic mass is 10.1. The zero-order chi connectivity index (χ0) is 15.4. The van der Waals surface area contributed by atoms with Crippen LogP contribution in [0, 0.1) is 0 Å². The number of likely N-dealkylation sites (N-methyl/N-ethyl adjacent to an activating group) is 2. The summed E-state index contributed by atoms with van der Waals surface area (Å²) < 4.78 is 1.97. The van der Waals surface area contributed by atoms with Crippen molar-refractivity contribution in [3.63, 3.8) is 0 Å². The average Bonchev–Trinajstić information content (AvgIpc) is 2.81.